The first-order valence-corrected chi connectivity index (χ1v) is 7.73. The van der Waals surface area contributed by atoms with Crippen LogP contribution in [0.15, 0.2) is 0 Å². The van der Waals surface area contributed by atoms with Crippen LogP contribution >= 0.6 is 11.8 Å². The molecular formula is C12H21N3O2S. The van der Waals surface area contributed by atoms with Crippen molar-refractivity contribution in [2.75, 3.05) is 31.3 Å². The van der Waals surface area contributed by atoms with E-state index in [0.717, 1.165) is 31.8 Å². The Morgan fingerprint density at radius 3 is 2.83 bits per heavy atom. The molecule has 0 aromatic carbocycles. The van der Waals surface area contributed by atoms with Crippen LogP contribution in [0.3, 0.4) is 0 Å². The Kier molecular flexibility index (Phi) is 4.88. The van der Waals surface area contributed by atoms with E-state index >= 15 is 0 Å². The van der Waals surface area contributed by atoms with Crippen LogP contribution in [0.25, 0.3) is 0 Å². The second-order valence-electron chi connectivity index (χ2n) is 4.90. The van der Waals surface area contributed by atoms with Crippen LogP contribution in [0.5, 0.6) is 0 Å². The van der Waals surface area contributed by atoms with E-state index in [4.69, 9.17) is 0 Å². The molecule has 0 radical (unpaired) electrons. The Hall–Kier alpha value is -0.750. The van der Waals surface area contributed by atoms with Crippen molar-refractivity contribution >= 4 is 23.6 Å². The quantitative estimate of drug-likeness (QED) is 0.740. The van der Waals surface area contributed by atoms with Crippen LogP contribution < -0.4 is 10.6 Å². The molecule has 18 heavy (non-hydrogen) atoms. The van der Waals surface area contributed by atoms with Crippen molar-refractivity contribution in [1.82, 2.24) is 15.5 Å². The van der Waals surface area contributed by atoms with Crippen molar-refractivity contribution in [3.8, 4) is 0 Å². The predicted octanol–water partition coefficient (Wildman–Crippen LogP) is 0.0236. The van der Waals surface area contributed by atoms with E-state index in [1.54, 1.807) is 16.7 Å². The van der Waals surface area contributed by atoms with Gasteiger partial charge in [0.15, 0.2) is 0 Å². The lowest BCUT2D eigenvalue weighted by Crippen LogP contribution is -2.52. The zero-order chi connectivity index (χ0) is 13.0. The first kappa shape index (κ1) is 13.7. The van der Waals surface area contributed by atoms with Gasteiger partial charge >= 0.3 is 0 Å². The molecule has 2 saturated heterocycles. The number of nitrogens with zero attached hydrogens (tertiary/aromatic N) is 1. The molecule has 0 spiro atoms. The van der Waals surface area contributed by atoms with Crippen molar-refractivity contribution in [3.63, 3.8) is 0 Å². The number of hydrogen-bond acceptors (Lipinski definition) is 4. The molecule has 6 heteroatoms. The van der Waals surface area contributed by atoms with Crippen LogP contribution in [-0.2, 0) is 9.59 Å². The maximum Gasteiger partial charge on any atom is 0.243 e. The highest BCUT2D eigenvalue weighted by atomic mass is 32.2. The van der Waals surface area contributed by atoms with Crippen molar-refractivity contribution in [1.29, 1.82) is 0 Å². The van der Waals surface area contributed by atoms with Gasteiger partial charge in [-0.25, -0.2) is 0 Å². The molecule has 102 valence electrons. The van der Waals surface area contributed by atoms with E-state index in [9.17, 15) is 9.59 Å². The highest BCUT2D eigenvalue weighted by Gasteiger charge is 2.34. The number of nitrogens with one attached hydrogen (secondary N) is 2. The van der Waals surface area contributed by atoms with Gasteiger partial charge in [-0.3, -0.25) is 9.59 Å². The van der Waals surface area contributed by atoms with Crippen molar-refractivity contribution in [2.45, 2.75) is 25.8 Å². The average Bonchev–Trinajstić information content (AvgIpc) is 2.75. The van der Waals surface area contributed by atoms with Gasteiger partial charge < -0.3 is 15.5 Å². The predicted molar refractivity (Wildman–Crippen MR) is 72.2 cm³/mol. The van der Waals surface area contributed by atoms with E-state index in [1.807, 2.05) is 6.92 Å². The van der Waals surface area contributed by atoms with Gasteiger partial charge in [-0.2, -0.15) is 0 Å². The molecule has 1 atom stereocenters. The molecule has 2 heterocycles. The summed E-state index contributed by atoms with van der Waals surface area (Å²) in [7, 11) is 0. The summed E-state index contributed by atoms with van der Waals surface area (Å²) in [5.74, 6) is 2.05. The third-order valence-electron chi connectivity index (χ3n) is 3.40. The SMILES string of the molecule is CCCC(=O)N1CSCC1C(=O)NCC1CNC1. The molecule has 0 saturated carbocycles. The third kappa shape index (κ3) is 3.17. The van der Waals surface area contributed by atoms with Gasteiger partial charge in [0.25, 0.3) is 0 Å². The minimum atomic E-state index is -0.262. The Bertz CT molecular complexity index is 320. The van der Waals surface area contributed by atoms with E-state index in [0.29, 0.717) is 18.2 Å². The standard InChI is InChI=1S/C12H21N3O2S/c1-2-3-11(16)15-8-18-7-10(15)12(17)14-6-9-4-13-5-9/h9-10,13H,2-8H2,1H3,(H,14,17). The highest BCUT2D eigenvalue weighted by Crippen LogP contribution is 2.22. The lowest BCUT2D eigenvalue weighted by molar-refractivity contribution is -0.138. The van der Waals surface area contributed by atoms with Crippen LogP contribution in [-0.4, -0.2) is 54.0 Å². The van der Waals surface area contributed by atoms with Crippen LogP contribution in [0.2, 0.25) is 0 Å². The number of thioether (sulfide) groups is 1. The molecule has 2 aliphatic rings. The molecule has 2 amide bonds. The number of rotatable bonds is 5. The number of carbonyl (C=O) groups excluding carboxylic acids is 2. The summed E-state index contributed by atoms with van der Waals surface area (Å²) in [6, 6.07) is -0.262. The fourth-order valence-electron chi connectivity index (χ4n) is 2.12. The Morgan fingerprint density at radius 1 is 1.44 bits per heavy atom. The molecule has 2 aliphatic heterocycles. The molecule has 1 unspecified atom stereocenters. The van der Waals surface area contributed by atoms with Gasteiger partial charge in [0.2, 0.25) is 11.8 Å². The number of amides is 2. The van der Waals surface area contributed by atoms with Gasteiger partial charge in [0.1, 0.15) is 6.04 Å². The van der Waals surface area contributed by atoms with Crippen molar-refractivity contribution in [3.05, 3.63) is 0 Å². The van der Waals surface area contributed by atoms with Crippen LogP contribution in [0.4, 0.5) is 0 Å². The summed E-state index contributed by atoms with van der Waals surface area (Å²) in [5, 5.41) is 6.15. The van der Waals surface area contributed by atoms with Crippen LogP contribution in [0, 0.1) is 5.92 Å². The molecule has 0 aromatic heterocycles. The van der Waals surface area contributed by atoms with E-state index in [-0.39, 0.29) is 17.9 Å². The second kappa shape index (κ2) is 6.43. The first-order chi connectivity index (χ1) is 8.72. The monoisotopic (exact) mass is 271 g/mol. The van der Waals surface area contributed by atoms with Gasteiger partial charge in [-0.15, -0.1) is 11.8 Å². The van der Waals surface area contributed by atoms with Crippen molar-refractivity contribution < 1.29 is 9.59 Å². The summed E-state index contributed by atoms with van der Waals surface area (Å²) in [6.07, 6.45) is 1.37. The molecule has 0 aromatic rings. The third-order valence-corrected chi connectivity index (χ3v) is 4.41. The van der Waals surface area contributed by atoms with E-state index in [2.05, 4.69) is 10.6 Å². The normalized spacial score (nSPS) is 23.8. The first-order valence-electron chi connectivity index (χ1n) is 6.58. The zero-order valence-corrected chi connectivity index (χ0v) is 11.6. The highest BCUT2D eigenvalue weighted by molar-refractivity contribution is 7.99. The zero-order valence-electron chi connectivity index (χ0n) is 10.8. The van der Waals surface area contributed by atoms with Crippen LogP contribution in [0.1, 0.15) is 19.8 Å². The number of hydrogen-bond donors (Lipinski definition) is 2. The Labute approximate surface area is 112 Å². The minimum absolute atomic E-state index is 0.0105. The van der Waals surface area contributed by atoms with E-state index in [1.165, 1.54) is 0 Å². The molecule has 2 N–H and O–H groups in total. The summed E-state index contributed by atoms with van der Waals surface area (Å²) in [5.41, 5.74) is 0. The topological polar surface area (TPSA) is 61.4 Å². The Morgan fingerprint density at radius 2 is 2.22 bits per heavy atom. The molecule has 2 rings (SSSR count). The maximum absolute atomic E-state index is 12.1. The molecule has 2 fully saturated rings. The second-order valence-corrected chi connectivity index (χ2v) is 5.90. The summed E-state index contributed by atoms with van der Waals surface area (Å²) >= 11 is 1.66. The fourth-order valence-corrected chi connectivity index (χ4v) is 3.30. The number of carbonyl (C=O) groups is 2. The van der Waals surface area contributed by atoms with Crippen molar-refractivity contribution in [2.24, 2.45) is 5.92 Å². The summed E-state index contributed by atoms with van der Waals surface area (Å²) in [6.45, 7) is 4.68. The lowest BCUT2D eigenvalue weighted by atomic mass is 10.0. The minimum Gasteiger partial charge on any atom is -0.354 e. The Balaban J connectivity index is 1.81. The lowest BCUT2D eigenvalue weighted by Gasteiger charge is -2.29. The molecular weight excluding hydrogens is 250 g/mol. The summed E-state index contributed by atoms with van der Waals surface area (Å²) < 4.78 is 0. The van der Waals surface area contributed by atoms with Gasteiger partial charge in [-0.1, -0.05) is 6.92 Å². The summed E-state index contributed by atoms with van der Waals surface area (Å²) in [4.78, 5) is 25.7. The maximum atomic E-state index is 12.1. The van der Waals surface area contributed by atoms with Gasteiger partial charge in [0, 0.05) is 37.7 Å². The fraction of sp³-hybridized carbons (Fsp3) is 0.833. The van der Waals surface area contributed by atoms with Gasteiger partial charge in [-0.05, 0) is 6.42 Å². The van der Waals surface area contributed by atoms with Gasteiger partial charge in [0.05, 0.1) is 5.88 Å². The largest absolute Gasteiger partial charge is 0.354 e. The van der Waals surface area contributed by atoms with E-state index < -0.39 is 0 Å². The smallest absolute Gasteiger partial charge is 0.243 e. The molecule has 0 bridgehead atoms. The average molecular weight is 271 g/mol. The molecule has 0 aliphatic carbocycles. The molecule has 5 nitrogen and oxygen atoms in total.